The fraction of sp³-hybridized carbons (Fsp3) is 0.400. The quantitative estimate of drug-likeness (QED) is 0.176. The summed E-state index contributed by atoms with van der Waals surface area (Å²) in [5.74, 6) is -1.24. The van der Waals surface area contributed by atoms with Crippen LogP contribution in [0.1, 0.15) is 89.7 Å². The normalized spacial score (nSPS) is 17.8. The van der Waals surface area contributed by atoms with E-state index in [-0.39, 0.29) is 36.4 Å². The second-order valence-electron chi connectivity index (χ2n) is 14.0. The zero-order valence-corrected chi connectivity index (χ0v) is 28.7. The molecule has 0 saturated carbocycles. The standard InChI is InChI=1S/C40H48N2O5/c1-27(2)36-35(38(44)41-30-21-15-10-16-22-30)34(28-17-11-8-12-18-28)37(29-19-13-9-14-20-29)42(36)24-23-31-25-32(46-40(6,7)45-31)26-33(43)47-39(3,4)5/h8-22,27,31-32H,23-26H2,1-7H3,(H,41,44). The van der Waals surface area contributed by atoms with Crippen LogP contribution in [0.4, 0.5) is 5.69 Å². The van der Waals surface area contributed by atoms with Crippen LogP contribution in [-0.2, 0) is 25.5 Å². The van der Waals surface area contributed by atoms with Crippen LogP contribution in [0.15, 0.2) is 91.0 Å². The Morgan fingerprint density at radius 1 is 0.872 bits per heavy atom. The maximum absolute atomic E-state index is 14.4. The van der Waals surface area contributed by atoms with Crippen LogP contribution in [0, 0.1) is 0 Å². The molecule has 0 radical (unpaired) electrons. The Balaban J connectivity index is 1.57. The average molecular weight is 637 g/mol. The van der Waals surface area contributed by atoms with Gasteiger partial charge in [0.2, 0.25) is 0 Å². The van der Waals surface area contributed by atoms with Gasteiger partial charge in [0, 0.05) is 29.9 Å². The minimum absolute atomic E-state index is 0.0402. The smallest absolute Gasteiger partial charge is 0.308 e. The number of aromatic nitrogens is 1. The molecule has 1 saturated heterocycles. The first-order valence-electron chi connectivity index (χ1n) is 16.6. The van der Waals surface area contributed by atoms with Crippen molar-refractivity contribution in [1.29, 1.82) is 0 Å². The Kier molecular flexibility index (Phi) is 10.4. The van der Waals surface area contributed by atoms with Crippen LogP contribution in [0.5, 0.6) is 0 Å². The fourth-order valence-electron chi connectivity index (χ4n) is 6.56. The van der Waals surface area contributed by atoms with Gasteiger partial charge in [0.25, 0.3) is 5.91 Å². The van der Waals surface area contributed by atoms with Crippen molar-refractivity contribution in [2.75, 3.05) is 5.32 Å². The number of hydrogen-bond donors (Lipinski definition) is 1. The van der Waals surface area contributed by atoms with E-state index in [1.807, 2.05) is 101 Å². The molecule has 2 heterocycles. The van der Waals surface area contributed by atoms with Gasteiger partial charge in [0.05, 0.1) is 29.9 Å². The second kappa shape index (κ2) is 14.3. The SMILES string of the molecule is CC(C)c1c(C(=O)Nc2ccccc2)c(-c2ccccc2)c(-c2ccccc2)n1CCC1CC(CC(=O)OC(C)(C)C)OC(C)(C)O1. The van der Waals surface area contributed by atoms with Crippen LogP contribution < -0.4 is 5.32 Å². The van der Waals surface area contributed by atoms with E-state index in [4.69, 9.17) is 14.2 Å². The molecule has 1 aliphatic rings. The van der Waals surface area contributed by atoms with Crippen molar-refractivity contribution in [3.8, 4) is 22.4 Å². The van der Waals surface area contributed by atoms with Crippen LogP contribution in [-0.4, -0.2) is 40.0 Å². The minimum Gasteiger partial charge on any atom is -0.460 e. The average Bonchev–Trinajstić information content (AvgIpc) is 3.35. The lowest BCUT2D eigenvalue weighted by molar-refractivity contribution is -0.301. The summed E-state index contributed by atoms with van der Waals surface area (Å²) in [5, 5.41) is 3.17. The molecular weight excluding hydrogens is 588 g/mol. The van der Waals surface area contributed by atoms with Crippen molar-refractivity contribution in [2.45, 2.75) is 104 Å². The molecule has 7 nitrogen and oxygen atoms in total. The van der Waals surface area contributed by atoms with E-state index >= 15 is 0 Å². The van der Waals surface area contributed by atoms with E-state index in [1.54, 1.807) is 0 Å². The Bertz CT molecular complexity index is 1650. The van der Waals surface area contributed by atoms with Gasteiger partial charge in [-0.2, -0.15) is 0 Å². The summed E-state index contributed by atoms with van der Waals surface area (Å²) in [7, 11) is 0. The third-order valence-corrected chi connectivity index (χ3v) is 8.13. The van der Waals surface area contributed by atoms with Gasteiger partial charge in [-0.3, -0.25) is 9.59 Å². The number of esters is 1. The highest BCUT2D eigenvalue weighted by atomic mass is 16.7. The number of para-hydroxylation sites is 1. The first kappa shape index (κ1) is 34.1. The van der Waals surface area contributed by atoms with Gasteiger partial charge in [-0.1, -0.05) is 92.7 Å². The molecule has 248 valence electrons. The Morgan fingerprint density at radius 3 is 2.00 bits per heavy atom. The van der Waals surface area contributed by atoms with Crippen molar-refractivity contribution in [1.82, 2.24) is 4.57 Å². The molecule has 5 rings (SSSR count). The molecule has 2 unspecified atom stereocenters. The zero-order chi connectivity index (χ0) is 33.8. The molecule has 1 N–H and O–H groups in total. The first-order chi connectivity index (χ1) is 22.3. The number of amides is 1. The molecule has 0 bridgehead atoms. The topological polar surface area (TPSA) is 78.8 Å². The van der Waals surface area contributed by atoms with Crippen molar-refractivity contribution in [2.24, 2.45) is 0 Å². The van der Waals surface area contributed by atoms with Gasteiger partial charge in [0.15, 0.2) is 5.79 Å². The number of hydrogen-bond acceptors (Lipinski definition) is 5. The molecule has 0 aliphatic carbocycles. The third-order valence-electron chi connectivity index (χ3n) is 8.13. The predicted molar refractivity (Wildman–Crippen MR) is 187 cm³/mol. The van der Waals surface area contributed by atoms with Crippen molar-refractivity contribution < 1.29 is 23.8 Å². The van der Waals surface area contributed by atoms with E-state index in [2.05, 4.69) is 48.0 Å². The van der Waals surface area contributed by atoms with Gasteiger partial charge in [-0.05, 0) is 70.2 Å². The van der Waals surface area contributed by atoms with E-state index in [1.165, 1.54) is 0 Å². The highest BCUT2D eigenvalue weighted by molar-refractivity contribution is 6.12. The molecule has 1 fully saturated rings. The van der Waals surface area contributed by atoms with E-state index < -0.39 is 11.4 Å². The lowest BCUT2D eigenvalue weighted by Gasteiger charge is -2.41. The molecule has 0 spiro atoms. The third kappa shape index (κ3) is 8.59. The van der Waals surface area contributed by atoms with E-state index in [0.29, 0.717) is 24.9 Å². The highest BCUT2D eigenvalue weighted by Crippen LogP contribution is 2.43. The van der Waals surface area contributed by atoms with Gasteiger partial charge in [-0.25, -0.2) is 0 Å². The van der Waals surface area contributed by atoms with Gasteiger partial charge in [0.1, 0.15) is 5.60 Å². The number of benzene rings is 3. The molecule has 1 aliphatic heterocycles. The minimum atomic E-state index is -0.856. The Labute approximate surface area is 279 Å². The van der Waals surface area contributed by atoms with E-state index in [0.717, 1.165) is 33.8 Å². The van der Waals surface area contributed by atoms with Crippen molar-refractivity contribution in [3.63, 3.8) is 0 Å². The summed E-state index contributed by atoms with van der Waals surface area (Å²) in [6, 6.07) is 30.0. The maximum Gasteiger partial charge on any atom is 0.308 e. The number of carbonyl (C=O) groups excluding carboxylic acids is 2. The summed E-state index contributed by atoms with van der Waals surface area (Å²) in [6.45, 7) is 14.3. The maximum atomic E-state index is 14.4. The zero-order valence-electron chi connectivity index (χ0n) is 28.7. The molecule has 47 heavy (non-hydrogen) atoms. The fourth-order valence-corrected chi connectivity index (χ4v) is 6.56. The molecule has 3 aromatic carbocycles. The monoisotopic (exact) mass is 636 g/mol. The van der Waals surface area contributed by atoms with Crippen LogP contribution in [0.3, 0.4) is 0 Å². The summed E-state index contributed by atoms with van der Waals surface area (Å²) in [4.78, 5) is 27.1. The number of nitrogens with one attached hydrogen (secondary N) is 1. The van der Waals surface area contributed by atoms with Gasteiger partial charge < -0.3 is 24.1 Å². The second-order valence-corrected chi connectivity index (χ2v) is 14.0. The number of ether oxygens (including phenoxy) is 3. The Hall–Kier alpha value is -4.20. The largest absolute Gasteiger partial charge is 0.460 e. The van der Waals surface area contributed by atoms with Gasteiger partial charge in [-0.15, -0.1) is 0 Å². The molecule has 4 aromatic rings. The summed E-state index contributed by atoms with van der Waals surface area (Å²) in [6.07, 6.45) is 0.903. The molecular formula is C40H48N2O5. The van der Waals surface area contributed by atoms with Crippen LogP contribution in [0.25, 0.3) is 22.4 Å². The summed E-state index contributed by atoms with van der Waals surface area (Å²) in [5.41, 5.74) is 5.73. The number of anilines is 1. The molecule has 7 heteroatoms. The molecule has 1 amide bonds. The first-order valence-corrected chi connectivity index (χ1v) is 16.6. The molecule has 2 atom stereocenters. The van der Waals surface area contributed by atoms with Crippen molar-refractivity contribution >= 4 is 17.6 Å². The summed E-state index contributed by atoms with van der Waals surface area (Å²) >= 11 is 0. The lowest BCUT2D eigenvalue weighted by atomic mass is 9.94. The van der Waals surface area contributed by atoms with Crippen molar-refractivity contribution in [3.05, 3.63) is 102 Å². The number of rotatable bonds is 10. The van der Waals surface area contributed by atoms with Crippen LogP contribution in [0.2, 0.25) is 0 Å². The number of nitrogens with zero attached hydrogens (tertiary/aromatic N) is 1. The Morgan fingerprint density at radius 2 is 1.43 bits per heavy atom. The predicted octanol–water partition coefficient (Wildman–Crippen LogP) is 9.23. The summed E-state index contributed by atoms with van der Waals surface area (Å²) < 4.78 is 20.5. The molecule has 1 aromatic heterocycles. The van der Waals surface area contributed by atoms with E-state index in [9.17, 15) is 9.59 Å². The highest BCUT2D eigenvalue weighted by Gasteiger charge is 2.38. The van der Waals surface area contributed by atoms with Gasteiger partial charge >= 0.3 is 5.97 Å². The number of carbonyl (C=O) groups is 2. The lowest BCUT2D eigenvalue weighted by Crippen LogP contribution is -2.46. The van der Waals surface area contributed by atoms with Crippen LogP contribution >= 0.6 is 0 Å².